The standard InChI is InChI=1S/C12H10FNO4S2.C11H10OS.C10H7BrOS.C10H7FO2S.C10H8O2S.CH4BO2.10U/c13-14(19(15,16)11-7-3-1-4-8-11)20(17,18)12-9-5-2-6-10-12;1-7-3-4-10-9(5-7)6-11(13-10)8(2)12;1-6(12)10-5-7-4-8(11)2-3-9(7)13-10;1-5-2-3-7-6(4-5)8(11)9(14-7)10(12)13;1-6-2-3-8-7(4-6)5-9(13-8)10(11)12;1-4-2-3;;;;;;;;;;/h1-10H;3-6H,1-2H3;2-5H,1H3;2-4H,1H3,(H,12,13);2-5H,1H3,(H,11,12);3H,1H3;;;;;;;;;;. The maximum absolute atomic E-state index is 14.0. The third kappa shape index (κ3) is 31.5. The molecule has 33 heteroatoms. The summed E-state index contributed by atoms with van der Waals surface area (Å²) in [5.74, 6) is -2.39. The van der Waals surface area contributed by atoms with Gasteiger partial charge in [0.25, 0.3) is 20.0 Å². The molecule has 3 N–H and O–H groups in total. The number of ketones is 2. The predicted molar refractivity (Wildman–Crippen MR) is 308 cm³/mol. The fourth-order valence-electron chi connectivity index (χ4n) is 6.59. The second kappa shape index (κ2) is 50.5. The monoisotopic (exact) mass is 3600 g/mol. The molecule has 0 aliphatic rings. The summed E-state index contributed by atoms with van der Waals surface area (Å²) in [6.07, 6.45) is 0. The Morgan fingerprint density at radius 2 is 0.828 bits per heavy atom. The molecule has 10 rings (SSSR count). The van der Waals surface area contributed by atoms with Gasteiger partial charge in [-0.05, 0) is 136 Å². The van der Waals surface area contributed by atoms with Crippen LogP contribution in [0.2, 0.25) is 0 Å². The van der Waals surface area contributed by atoms with Crippen LogP contribution in [0.25, 0.3) is 40.3 Å². The number of rotatable bonds is 9. The molecular formula is C54H46BBrF2NO12S6U10. The number of carbonyl (C=O) groups excluding carboxylic acids is 2. The molecule has 4 heterocycles. The van der Waals surface area contributed by atoms with Gasteiger partial charge in [0.15, 0.2) is 17.4 Å². The number of carbonyl (C=O) groups is 4. The molecular weight excluding hydrogens is 3560 g/mol. The molecule has 1 radical (unpaired) electrons. The number of thiophene rings is 4. The molecule has 6 aromatic carbocycles. The number of nitrogens with zero attached hydrogens (tertiary/aromatic N) is 1. The van der Waals surface area contributed by atoms with Crippen molar-refractivity contribution in [3.05, 3.63) is 198 Å². The molecule has 0 amide bonds. The average molecular weight is 3600 g/mol. The van der Waals surface area contributed by atoms with Crippen molar-refractivity contribution in [1.82, 2.24) is 3.93 Å². The van der Waals surface area contributed by atoms with Gasteiger partial charge in [0.05, 0.1) is 23.5 Å². The number of carboxylic acids is 2. The minimum absolute atomic E-state index is 0. The summed E-state index contributed by atoms with van der Waals surface area (Å²) in [5.41, 5.74) is 3.31. The van der Waals surface area contributed by atoms with E-state index in [1.165, 1.54) is 70.5 Å². The second-order valence-electron chi connectivity index (χ2n) is 16.2. The predicted octanol–water partition coefficient (Wildman–Crippen LogP) is 14.3. The Morgan fingerprint density at radius 3 is 1.18 bits per heavy atom. The van der Waals surface area contributed by atoms with Gasteiger partial charge in [0, 0.05) is 347 Å². The van der Waals surface area contributed by atoms with Crippen molar-refractivity contribution in [2.75, 3.05) is 7.11 Å². The van der Waals surface area contributed by atoms with E-state index in [0.29, 0.717) is 22.6 Å². The van der Waals surface area contributed by atoms with Crippen LogP contribution in [0.5, 0.6) is 0 Å². The molecule has 4 aromatic heterocycles. The van der Waals surface area contributed by atoms with E-state index in [4.69, 9.17) is 15.2 Å². The first-order valence-electron chi connectivity index (χ1n) is 22.3. The summed E-state index contributed by atoms with van der Waals surface area (Å²) >= 11 is 8.79. The van der Waals surface area contributed by atoms with Gasteiger partial charge in [0.1, 0.15) is 9.75 Å². The average Bonchev–Trinajstić information content (AvgIpc) is 4.22. The van der Waals surface area contributed by atoms with E-state index < -0.39 is 51.5 Å². The Labute approximate surface area is 766 Å². The molecule has 439 valence electrons. The first-order valence-corrected chi connectivity index (χ1v) is 29.2. The molecule has 0 unspecified atom stereocenters. The molecule has 13 nitrogen and oxygen atoms in total. The minimum Gasteiger partial charge on any atom is -0.477 e. The van der Waals surface area contributed by atoms with E-state index in [-0.39, 0.29) is 328 Å². The van der Waals surface area contributed by atoms with Crippen molar-refractivity contribution in [2.45, 2.75) is 44.4 Å². The Balaban J connectivity index is -0.000000227. The zero-order valence-corrected chi connectivity index (χ0v) is 94.7. The number of sulfonamides is 2. The fourth-order valence-corrected chi connectivity index (χ4v) is 13.5. The minimum atomic E-state index is -4.77. The number of hydrogen-bond donors (Lipinski definition) is 3. The van der Waals surface area contributed by atoms with E-state index in [9.17, 15) is 44.9 Å². The SMILES string of the molecule is CC(=O)c1cc2cc(Br)ccc2s1.CC(=O)c1cc2cc(C)ccc2s1.CO[B]O.Cc1ccc2sc(C(=O)O)c(F)c2c1.Cc1ccc2sc(C(=O)O)cc2c1.O=S(=O)(c1ccccc1)N(F)S(=O)(=O)c1ccccc1.[U].[U].[U].[U].[U].[U].[U].[U].[U].[U]. The van der Waals surface area contributed by atoms with Gasteiger partial charge < -0.3 is 19.9 Å². The largest absolute Gasteiger partial charge is 0.484 e. The van der Waals surface area contributed by atoms with Crippen molar-refractivity contribution in [1.29, 1.82) is 0 Å². The molecule has 0 saturated carbocycles. The molecule has 0 aliphatic carbocycles. The van der Waals surface area contributed by atoms with Crippen molar-refractivity contribution in [3.8, 4) is 0 Å². The maximum Gasteiger partial charge on any atom is 0.484 e. The zero-order valence-electron chi connectivity index (χ0n) is 46.6. The van der Waals surface area contributed by atoms with E-state index >= 15 is 0 Å². The molecule has 0 atom stereocenters. The first kappa shape index (κ1) is 102. The number of aromatic carboxylic acids is 2. The summed E-state index contributed by atoms with van der Waals surface area (Å²) < 4.78 is 83.1. The van der Waals surface area contributed by atoms with Gasteiger partial charge in [-0.1, -0.05) is 99.4 Å². The van der Waals surface area contributed by atoms with E-state index in [2.05, 4.69) is 45.7 Å². The van der Waals surface area contributed by atoms with E-state index in [0.717, 1.165) is 81.1 Å². The van der Waals surface area contributed by atoms with Gasteiger partial charge in [-0.2, -0.15) is 0 Å². The summed E-state index contributed by atoms with van der Waals surface area (Å²) in [6.45, 7) is 9.11. The Bertz CT molecular complexity index is 3700. The van der Waals surface area contributed by atoms with E-state index in [1.54, 1.807) is 54.7 Å². The van der Waals surface area contributed by atoms with Crippen molar-refractivity contribution in [2.24, 2.45) is 0 Å². The van der Waals surface area contributed by atoms with Crippen LogP contribution < -0.4 is 0 Å². The summed E-state index contributed by atoms with van der Waals surface area (Å²) in [4.78, 5) is 44.5. The van der Waals surface area contributed by atoms with Crippen molar-refractivity contribution < 1.29 is 376 Å². The molecule has 10 aromatic rings. The number of hydrogen-bond acceptors (Lipinski definition) is 14. The van der Waals surface area contributed by atoms with Crippen LogP contribution in [0.15, 0.2) is 166 Å². The second-order valence-corrected chi connectivity index (χ2v) is 25.1. The molecule has 0 bridgehead atoms. The summed E-state index contributed by atoms with van der Waals surface area (Å²) in [7, 11) is -7.53. The maximum atomic E-state index is 14.0. The number of aryl methyl sites for hydroxylation is 3. The van der Waals surface area contributed by atoms with Gasteiger partial charge in [-0.25, -0.2) is 30.8 Å². The number of carboxylic acid groups (broad SMARTS) is 2. The van der Waals surface area contributed by atoms with Gasteiger partial charge in [0.2, 0.25) is 0 Å². The Morgan fingerprint density at radius 1 is 0.494 bits per heavy atom. The van der Waals surface area contributed by atoms with Gasteiger partial charge in [-0.3, -0.25) is 9.59 Å². The van der Waals surface area contributed by atoms with Crippen molar-refractivity contribution >= 4 is 153 Å². The Kier molecular flexibility index (Phi) is 59.3. The van der Waals surface area contributed by atoms with Gasteiger partial charge in [-0.15, -0.1) is 49.8 Å². The summed E-state index contributed by atoms with van der Waals surface area (Å²) in [6, 6.07) is 42.1. The molecule has 0 spiro atoms. The fraction of sp³-hybridized carbons (Fsp3) is 0.111. The van der Waals surface area contributed by atoms with Gasteiger partial charge >= 0.3 is 19.6 Å². The topological polar surface area (TPSA) is 210 Å². The van der Waals surface area contributed by atoms with Crippen LogP contribution in [-0.2, 0) is 24.7 Å². The Hall–Kier alpha value is 4.14. The molecule has 87 heavy (non-hydrogen) atoms. The van der Waals surface area contributed by atoms with Crippen LogP contribution in [0.4, 0.5) is 8.87 Å². The third-order valence-corrected chi connectivity index (χ3v) is 19.1. The van der Waals surface area contributed by atoms with E-state index in [1.807, 2.05) is 68.4 Å². The number of Topliss-reactive ketones (excluding diaryl/α,β-unsaturated/α-hetero) is 2. The quantitative estimate of drug-likeness (QED) is 0.0700. The number of benzene rings is 6. The van der Waals surface area contributed by atoms with Crippen LogP contribution in [0.3, 0.4) is 0 Å². The molecule has 0 saturated heterocycles. The number of halogens is 3. The van der Waals surface area contributed by atoms with Crippen molar-refractivity contribution in [3.63, 3.8) is 0 Å². The summed E-state index contributed by atoms with van der Waals surface area (Å²) in [5, 5.41) is 28.7. The smallest absolute Gasteiger partial charge is 0.477 e. The third-order valence-electron chi connectivity index (χ3n) is 10.3. The van der Waals surface area contributed by atoms with Crippen LogP contribution in [0, 0.1) is 338 Å². The molecule has 0 aliphatic heterocycles. The first-order chi connectivity index (χ1) is 36.4. The normalized spacial score (nSPS) is 9.64. The van der Waals surface area contributed by atoms with Crippen LogP contribution in [0.1, 0.15) is 69.2 Å². The van der Waals surface area contributed by atoms with Crippen LogP contribution in [-0.4, -0.2) is 74.3 Å². The number of fused-ring (bicyclic) bond motifs is 4. The molecule has 0 fully saturated rings. The van der Waals surface area contributed by atoms with Crippen LogP contribution >= 0.6 is 61.3 Å². The zero-order chi connectivity index (χ0) is 56.8.